The number of halogens is 1. The number of hydrogen-bond acceptors (Lipinski definition) is 3. The third-order valence-corrected chi connectivity index (χ3v) is 3.99. The Balaban J connectivity index is 1.90. The van der Waals surface area contributed by atoms with E-state index in [0.29, 0.717) is 12.5 Å². The summed E-state index contributed by atoms with van der Waals surface area (Å²) in [6.45, 7) is 1.22. The van der Waals surface area contributed by atoms with E-state index in [4.69, 9.17) is 5.73 Å². The average Bonchev–Trinajstić information content (AvgIpc) is 2.83. The Morgan fingerprint density at radius 1 is 1.69 bits per heavy atom. The number of hydrogen-bond donors (Lipinski definition) is 2. The molecule has 5 heteroatoms. The fraction of sp³-hybridized carbons (Fsp3) is 0.727. The van der Waals surface area contributed by atoms with Gasteiger partial charge in [-0.25, -0.2) is 0 Å². The van der Waals surface area contributed by atoms with Gasteiger partial charge in [-0.2, -0.15) is 5.10 Å². The Kier molecular flexibility index (Phi) is 3.66. The largest absolute Gasteiger partial charge is 0.388 e. The second-order valence-electron chi connectivity index (χ2n) is 4.61. The van der Waals surface area contributed by atoms with Crippen molar-refractivity contribution in [2.24, 2.45) is 11.7 Å². The molecule has 90 valence electrons. The summed E-state index contributed by atoms with van der Waals surface area (Å²) in [5.74, 6) is 0.320. The third-order valence-electron chi connectivity index (χ3n) is 3.58. The molecule has 3 N–H and O–H groups in total. The topological polar surface area (TPSA) is 64.1 Å². The van der Waals surface area contributed by atoms with Crippen LogP contribution in [0.1, 0.15) is 25.7 Å². The molecule has 2 rings (SSSR count). The lowest BCUT2D eigenvalue weighted by Gasteiger charge is -2.28. The number of aryl methyl sites for hydroxylation is 1. The highest BCUT2D eigenvalue weighted by Gasteiger charge is 2.39. The SMILES string of the molecule is NCC1(O)CCCC1CCn1cc(Br)cn1. The van der Waals surface area contributed by atoms with Crippen LogP contribution in [-0.2, 0) is 6.54 Å². The van der Waals surface area contributed by atoms with Crippen molar-refractivity contribution < 1.29 is 5.11 Å². The maximum Gasteiger partial charge on any atom is 0.0798 e. The molecule has 0 aromatic carbocycles. The average molecular weight is 288 g/mol. The van der Waals surface area contributed by atoms with Crippen molar-refractivity contribution in [1.82, 2.24) is 9.78 Å². The summed E-state index contributed by atoms with van der Waals surface area (Å²) in [7, 11) is 0. The van der Waals surface area contributed by atoms with E-state index in [9.17, 15) is 5.11 Å². The van der Waals surface area contributed by atoms with E-state index >= 15 is 0 Å². The summed E-state index contributed by atoms with van der Waals surface area (Å²) in [5, 5.41) is 14.5. The highest BCUT2D eigenvalue weighted by atomic mass is 79.9. The van der Waals surface area contributed by atoms with E-state index in [0.717, 1.165) is 36.7 Å². The molecular weight excluding hydrogens is 270 g/mol. The predicted molar refractivity (Wildman–Crippen MR) is 65.9 cm³/mol. The fourth-order valence-electron chi connectivity index (χ4n) is 2.56. The van der Waals surface area contributed by atoms with E-state index in [1.807, 2.05) is 10.9 Å². The van der Waals surface area contributed by atoms with Gasteiger partial charge in [-0.3, -0.25) is 4.68 Å². The van der Waals surface area contributed by atoms with Crippen molar-refractivity contribution in [3.05, 3.63) is 16.9 Å². The van der Waals surface area contributed by atoms with Crippen LogP contribution >= 0.6 is 15.9 Å². The van der Waals surface area contributed by atoms with Gasteiger partial charge in [-0.05, 0) is 41.1 Å². The van der Waals surface area contributed by atoms with Crippen LogP contribution in [0.2, 0.25) is 0 Å². The molecule has 16 heavy (non-hydrogen) atoms. The van der Waals surface area contributed by atoms with Gasteiger partial charge in [0.2, 0.25) is 0 Å². The van der Waals surface area contributed by atoms with Crippen molar-refractivity contribution in [1.29, 1.82) is 0 Å². The molecule has 2 unspecified atom stereocenters. The minimum absolute atomic E-state index is 0.320. The van der Waals surface area contributed by atoms with Crippen molar-refractivity contribution in [2.75, 3.05) is 6.54 Å². The molecule has 0 radical (unpaired) electrons. The van der Waals surface area contributed by atoms with E-state index in [-0.39, 0.29) is 0 Å². The molecule has 1 heterocycles. The summed E-state index contributed by atoms with van der Waals surface area (Å²) < 4.78 is 2.90. The standard InChI is InChI=1S/C11H18BrN3O/c12-10-6-14-15(7-10)5-3-9-2-1-4-11(9,16)8-13/h6-7,9,16H,1-5,8,13H2. The lowest BCUT2D eigenvalue weighted by atomic mass is 9.88. The van der Waals surface area contributed by atoms with Crippen molar-refractivity contribution >= 4 is 15.9 Å². The highest BCUT2D eigenvalue weighted by molar-refractivity contribution is 9.10. The Labute approximate surface area is 104 Å². The van der Waals surface area contributed by atoms with Gasteiger partial charge in [0.25, 0.3) is 0 Å². The summed E-state index contributed by atoms with van der Waals surface area (Å²) in [4.78, 5) is 0. The van der Waals surface area contributed by atoms with Crippen LogP contribution < -0.4 is 5.73 Å². The fourth-order valence-corrected chi connectivity index (χ4v) is 2.89. The van der Waals surface area contributed by atoms with E-state index in [1.165, 1.54) is 0 Å². The first kappa shape index (κ1) is 12.1. The molecule has 1 aromatic heterocycles. The van der Waals surface area contributed by atoms with Gasteiger partial charge in [0, 0.05) is 19.3 Å². The molecule has 1 aliphatic carbocycles. The lowest BCUT2D eigenvalue weighted by Crippen LogP contribution is -2.41. The number of aliphatic hydroxyl groups is 1. The van der Waals surface area contributed by atoms with Crippen LogP contribution in [0.15, 0.2) is 16.9 Å². The molecule has 4 nitrogen and oxygen atoms in total. The molecule has 1 aliphatic rings. The maximum atomic E-state index is 10.3. The van der Waals surface area contributed by atoms with E-state index < -0.39 is 5.60 Å². The zero-order valence-corrected chi connectivity index (χ0v) is 10.9. The number of aromatic nitrogens is 2. The molecule has 0 bridgehead atoms. The van der Waals surface area contributed by atoms with Gasteiger partial charge in [-0.1, -0.05) is 6.42 Å². The summed E-state index contributed by atoms with van der Waals surface area (Å²) in [6, 6.07) is 0. The quantitative estimate of drug-likeness (QED) is 0.883. The summed E-state index contributed by atoms with van der Waals surface area (Å²) in [6.07, 6.45) is 7.69. The summed E-state index contributed by atoms with van der Waals surface area (Å²) >= 11 is 3.37. The van der Waals surface area contributed by atoms with Crippen molar-refractivity contribution in [3.8, 4) is 0 Å². The Hall–Kier alpha value is -0.390. The van der Waals surface area contributed by atoms with Crippen LogP contribution in [-0.4, -0.2) is 27.0 Å². The van der Waals surface area contributed by atoms with Crippen molar-refractivity contribution in [3.63, 3.8) is 0 Å². The third kappa shape index (κ3) is 2.47. The first-order valence-corrected chi connectivity index (χ1v) is 6.54. The molecule has 0 aliphatic heterocycles. The lowest BCUT2D eigenvalue weighted by molar-refractivity contribution is 0.00629. The Bertz CT molecular complexity index is 355. The van der Waals surface area contributed by atoms with Gasteiger partial charge in [0.1, 0.15) is 0 Å². The van der Waals surface area contributed by atoms with Crippen LogP contribution in [0.25, 0.3) is 0 Å². The molecule has 0 spiro atoms. The molecule has 2 atom stereocenters. The minimum Gasteiger partial charge on any atom is -0.388 e. The van der Waals surface area contributed by atoms with Crippen molar-refractivity contribution in [2.45, 2.75) is 37.8 Å². The molecule has 0 amide bonds. The zero-order valence-electron chi connectivity index (χ0n) is 9.27. The van der Waals surface area contributed by atoms with Crippen LogP contribution in [0.3, 0.4) is 0 Å². The first-order valence-electron chi connectivity index (χ1n) is 5.74. The molecule has 0 saturated heterocycles. The number of rotatable bonds is 4. The van der Waals surface area contributed by atoms with E-state index in [2.05, 4.69) is 21.0 Å². The predicted octanol–water partition coefficient (Wildman–Crippen LogP) is 1.53. The highest BCUT2D eigenvalue weighted by Crippen LogP contribution is 2.37. The summed E-state index contributed by atoms with van der Waals surface area (Å²) in [5.41, 5.74) is 5.02. The second kappa shape index (κ2) is 4.85. The molecular formula is C11H18BrN3O. The monoisotopic (exact) mass is 287 g/mol. The van der Waals surface area contributed by atoms with Gasteiger partial charge in [-0.15, -0.1) is 0 Å². The Morgan fingerprint density at radius 3 is 3.12 bits per heavy atom. The van der Waals surface area contributed by atoms with Gasteiger partial charge < -0.3 is 10.8 Å². The van der Waals surface area contributed by atoms with Gasteiger partial charge in [0.15, 0.2) is 0 Å². The molecule has 1 saturated carbocycles. The smallest absolute Gasteiger partial charge is 0.0798 e. The van der Waals surface area contributed by atoms with E-state index in [1.54, 1.807) is 6.20 Å². The van der Waals surface area contributed by atoms with Crippen LogP contribution in [0, 0.1) is 5.92 Å². The molecule has 1 aromatic rings. The van der Waals surface area contributed by atoms with Gasteiger partial charge >= 0.3 is 0 Å². The van der Waals surface area contributed by atoms with Crippen LogP contribution in [0.5, 0.6) is 0 Å². The van der Waals surface area contributed by atoms with Crippen LogP contribution in [0.4, 0.5) is 0 Å². The Morgan fingerprint density at radius 2 is 2.50 bits per heavy atom. The first-order chi connectivity index (χ1) is 7.64. The minimum atomic E-state index is -0.635. The van der Waals surface area contributed by atoms with Gasteiger partial charge in [0.05, 0.1) is 16.3 Å². The zero-order chi connectivity index (χ0) is 11.6. The normalized spacial score (nSPS) is 29.8. The number of nitrogens with two attached hydrogens (primary N) is 1. The maximum absolute atomic E-state index is 10.3. The molecule has 1 fully saturated rings. The second-order valence-corrected chi connectivity index (χ2v) is 5.52. The number of nitrogens with zero attached hydrogens (tertiary/aromatic N) is 2.